The molecule has 1 aliphatic heterocycles. The van der Waals surface area contributed by atoms with Crippen LogP contribution in [0.15, 0.2) is 24.4 Å². The van der Waals surface area contributed by atoms with Gasteiger partial charge in [0.1, 0.15) is 13.2 Å². The maximum atomic E-state index is 6.26. The molecule has 6 heteroatoms. The van der Waals surface area contributed by atoms with E-state index in [1.54, 1.807) is 10.9 Å². The van der Waals surface area contributed by atoms with Gasteiger partial charge in [-0.05, 0) is 13.1 Å². The van der Waals surface area contributed by atoms with E-state index in [0.717, 1.165) is 22.8 Å². The molecular formula is C14H16ClN3O2. The molecule has 2 aromatic rings. The second-order valence-electron chi connectivity index (χ2n) is 4.59. The van der Waals surface area contributed by atoms with Crippen molar-refractivity contribution in [2.75, 3.05) is 20.3 Å². The molecule has 0 radical (unpaired) electrons. The smallest absolute Gasteiger partial charge is 0.166 e. The topological polar surface area (TPSA) is 48.3 Å². The fourth-order valence-electron chi connectivity index (χ4n) is 2.51. The molecule has 3 rings (SSSR count). The number of fused-ring (bicyclic) bond motifs is 1. The van der Waals surface area contributed by atoms with E-state index in [4.69, 9.17) is 21.1 Å². The number of aromatic nitrogens is 2. The standard InChI is InChI=1S/C14H16ClN3O2/c1-16-12(13-10(15)8-17-18(13)2)9-4-3-5-11-14(9)20-7-6-19-11/h3-5,8,12,16H,6-7H2,1-2H3. The minimum Gasteiger partial charge on any atom is -0.486 e. The highest BCUT2D eigenvalue weighted by atomic mass is 35.5. The number of nitrogens with zero attached hydrogens (tertiary/aromatic N) is 2. The number of rotatable bonds is 3. The first kappa shape index (κ1) is 13.3. The quantitative estimate of drug-likeness (QED) is 0.942. The predicted octanol–water partition coefficient (Wildman–Crippen LogP) is 2.15. The van der Waals surface area contributed by atoms with Crippen molar-refractivity contribution in [3.8, 4) is 11.5 Å². The van der Waals surface area contributed by atoms with Crippen molar-refractivity contribution < 1.29 is 9.47 Å². The van der Waals surface area contributed by atoms with Crippen LogP contribution in [0.5, 0.6) is 11.5 Å². The molecule has 0 spiro atoms. The van der Waals surface area contributed by atoms with Gasteiger partial charge in [-0.3, -0.25) is 4.68 Å². The van der Waals surface area contributed by atoms with E-state index >= 15 is 0 Å². The third-order valence-electron chi connectivity index (χ3n) is 3.41. The summed E-state index contributed by atoms with van der Waals surface area (Å²) < 4.78 is 13.2. The van der Waals surface area contributed by atoms with Gasteiger partial charge in [-0.25, -0.2) is 0 Å². The Bertz CT molecular complexity index is 607. The molecule has 1 N–H and O–H groups in total. The first-order valence-electron chi connectivity index (χ1n) is 6.45. The van der Waals surface area contributed by atoms with Crippen LogP contribution in [0.4, 0.5) is 0 Å². The van der Waals surface area contributed by atoms with Gasteiger partial charge in [-0.1, -0.05) is 23.7 Å². The first-order chi connectivity index (χ1) is 9.72. The van der Waals surface area contributed by atoms with Crippen LogP contribution in [0, 0.1) is 0 Å². The Kier molecular flexibility index (Phi) is 3.54. The SMILES string of the molecule is CNC(c1cccc2c1OCCO2)c1c(Cl)cnn1C. The molecule has 0 fully saturated rings. The summed E-state index contributed by atoms with van der Waals surface area (Å²) in [4.78, 5) is 0. The molecule has 0 saturated heterocycles. The van der Waals surface area contributed by atoms with Crippen LogP contribution in [0.25, 0.3) is 0 Å². The molecule has 0 amide bonds. The van der Waals surface area contributed by atoms with E-state index in [-0.39, 0.29) is 6.04 Å². The number of para-hydroxylation sites is 1. The van der Waals surface area contributed by atoms with Gasteiger partial charge in [-0.15, -0.1) is 0 Å². The summed E-state index contributed by atoms with van der Waals surface area (Å²) in [5.41, 5.74) is 1.90. The number of halogens is 1. The summed E-state index contributed by atoms with van der Waals surface area (Å²) in [6.45, 7) is 1.13. The van der Waals surface area contributed by atoms with Crippen molar-refractivity contribution >= 4 is 11.6 Å². The predicted molar refractivity (Wildman–Crippen MR) is 76.6 cm³/mol. The van der Waals surface area contributed by atoms with E-state index in [1.807, 2.05) is 32.3 Å². The lowest BCUT2D eigenvalue weighted by Gasteiger charge is -2.25. The Morgan fingerprint density at radius 1 is 1.35 bits per heavy atom. The number of benzene rings is 1. The summed E-state index contributed by atoms with van der Waals surface area (Å²) in [5.74, 6) is 1.54. The molecule has 106 valence electrons. The molecule has 1 atom stereocenters. The van der Waals surface area contributed by atoms with Crippen molar-refractivity contribution in [2.24, 2.45) is 7.05 Å². The Morgan fingerprint density at radius 2 is 2.15 bits per heavy atom. The van der Waals surface area contributed by atoms with Crippen molar-refractivity contribution in [1.82, 2.24) is 15.1 Å². The van der Waals surface area contributed by atoms with Crippen molar-refractivity contribution in [3.05, 3.63) is 40.7 Å². The lowest BCUT2D eigenvalue weighted by atomic mass is 10.0. The zero-order valence-electron chi connectivity index (χ0n) is 11.4. The van der Waals surface area contributed by atoms with Gasteiger partial charge in [0, 0.05) is 12.6 Å². The summed E-state index contributed by atoms with van der Waals surface area (Å²) in [6, 6.07) is 5.78. The van der Waals surface area contributed by atoms with E-state index in [9.17, 15) is 0 Å². The maximum Gasteiger partial charge on any atom is 0.166 e. The van der Waals surface area contributed by atoms with E-state index in [2.05, 4.69) is 10.4 Å². The molecule has 0 saturated carbocycles. The van der Waals surface area contributed by atoms with E-state index in [1.165, 1.54) is 0 Å². The highest BCUT2D eigenvalue weighted by molar-refractivity contribution is 6.31. The van der Waals surface area contributed by atoms with Gasteiger partial charge in [0.25, 0.3) is 0 Å². The number of aryl methyl sites for hydroxylation is 1. The maximum absolute atomic E-state index is 6.26. The summed E-state index contributed by atoms with van der Waals surface area (Å²) in [5, 5.41) is 8.09. The number of hydrogen-bond acceptors (Lipinski definition) is 4. The summed E-state index contributed by atoms with van der Waals surface area (Å²) in [6.07, 6.45) is 1.65. The first-order valence-corrected chi connectivity index (χ1v) is 6.83. The second kappa shape index (κ2) is 5.34. The zero-order chi connectivity index (χ0) is 14.1. The molecule has 1 aliphatic rings. The second-order valence-corrected chi connectivity index (χ2v) is 5.00. The molecule has 1 aromatic carbocycles. The number of hydrogen-bond donors (Lipinski definition) is 1. The van der Waals surface area contributed by atoms with Crippen molar-refractivity contribution in [1.29, 1.82) is 0 Å². The van der Waals surface area contributed by atoms with Crippen LogP contribution in [-0.2, 0) is 7.05 Å². The molecule has 2 heterocycles. The third kappa shape index (κ3) is 2.13. The number of ether oxygens (including phenoxy) is 2. The molecule has 5 nitrogen and oxygen atoms in total. The Hall–Kier alpha value is -1.72. The largest absolute Gasteiger partial charge is 0.486 e. The molecule has 1 aromatic heterocycles. The van der Waals surface area contributed by atoms with Crippen molar-refractivity contribution in [3.63, 3.8) is 0 Å². The van der Waals surface area contributed by atoms with Crippen LogP contribution in [0.2, 0.25) is 5.02 Å². The van der Waals surface area contributed by atoms with Gasteiger partial charge in [-0.2, -0.15) is 5.10 Å². The van der Waals surface area contributed by atoms with Crippen LogP contribution in [0.1, 0.15) is 17.3 Å². The van der Waals surface area contributed by atoms with Crippen molar-refractivity contribution in [2.45, 2.75) is 6.04 Å². The Morgan fingerprint density at radius 3 is 2.85 bits per heavy atom. The highest BCUT2D eigenvalue weighted by Gasteiger charge is 2.26. The van der Waals surface area contributed by atoms with Crippen LogP contribution in [0.3, 0.4) is 0 Å². The van der Waals surface area contributed by atoms with Crippen LogP contribution < -0.4 is 14.8 Å². The molecular weight excluding hydrogens is 278 g/mol. The number of nitrogens with one attached hydrogen (secondary N) is 1. The minimum atomic E-state index is -0.105. The Balaban J connectivity index is 2.11. The van der Waals surface area contributed by atoms with Gasteiger partial charge in [0.05, 0.1) is 23.0 Å². The monoisotopic (exact) mass is 293 g/mol. The van der Waals surface area contributed by atoms with E-state index in [0.29, 0.717) is 18.2 Å². The van der Waals surface area contributed by atoms with Gasteiger partial charge in [0.2, 0.25) is 0 Å². The summed E-state index contributed by atoms with van der Waals surface area (Å²) >= 11 is 6.26. The summed E-state index contributed by atoms with van der Waals surface area (Å²) in [7, 11) is 3.76. The van der Waals surface area contributed by atoms with E-state index < -0.39 is 0 Å². The molecule has 20 heavy (non-hydrogen) atoms. The zero-order valence-corrected chi connectivity index (χ0v) is 12.1. The fourth-order valence-corrected chi connectivity index (χ4v) is 2.78. The van der Waals surface area contributed by atoms with Gasteiger partial charge >= 0.3 is 0 Å². The average molecular weight is 294 g/mol. The molecule has 0 aliphatic carbocycles. The average Bonchev–Trinajstić information content (AvgIpc) is 2.81. The van der Waals surface area contributed by atoms with Gasteiger partial charge < -0.3 is 14.8 Å². The lowest BCUT2D eigenvalue weighted by Crippen LogP contribution is -2.24. The lowest BCUT2D eigenvalue weighted by molar-refractivity contribution is 0.169. The Labute approximate surface area is 122 Å². The molecule has 1 unspecified atom stereocenters. The molecule has 0 bridgehead atoms. The highest BCUT2D eigenvalue weighted by Crippen LogP contribution is 2.40. The van der Waals surface area contributed by atoms with Gasteiger partial charge in [0.15, 0.2) is 11.5 Å². The van der Waals surface area contributed by atoms with Crippen LogP contribution in [-0.4, -0.2) is 30.0 Å². The minimum absolute atomic E-state index is 0.105. The fraction of sp³-hybridized carbons (Fsp3) is 0.357. The van der Waals surface area contributed by atoms with Crippen LogP contribution >= 0.6 is 11.6 Å². The third-order valence-corrected chi connectivity index (χ3v) is 3.70. The normalized spacial score (nSPS) is 15.2.